The van der Waals surface area contributed by atoms with Crippen LogP contribution >= 0.6 is 0 Å². The fourth-order valence-electron chi connectivity index (χ4n) is 5.04. The van der Waals surface area contributed by atoms with E-state index in [0.717, 1.165) is 22.3 Å². The van der Waals surface area contributed by atoms with Crippen molar-refractivity contribution in [3.05, 3.63) is 103 Å². The zero-order valence-electron chi connectivity index (χ0n) is 23.7. The van der Waals surface area contributed by atoms with Gasteiger partial charge in [-0.05, 0) is 52.8 Å². The Morgan fingerprint density at radius 3 is 2.33 bits per heavy atom. The van der Waals surface area contributed by atoms with E-state index in [1.54, 1.807) is 37.5 Å². The first-order valence-corrected chi connectivity index (χ1v) is 14.0. The van der Waals surface area contributed by atoms with Crippen molar-refractivity contribution in [1.29, 1.82) is 0 Å². The van der Waals surface area contributed by atoms with E-state index in [4.69, 9.17) is 18.9 Å². The number of aliphatic hydroxyl groups excluding tert-OH is 1. The van der Waals surface area contributed by atoms with Gasteiger partial charge in [-0.25, -0.2) is 4.79 Å². The van der Waals surface area contributed by atoms with Gasteiger partial charge < -0.3 is 34.7 Å². The summed E-state index contributed by atoms with van der Waals surface area (Å²) < 4.78 is 22.3. The fraction of sp³-hybridized carbons (Fsp3) is 0.273. The first-order chi connectivity index (χ1) is 20.9. The van der Waals surface area contributed by atoms with Crippen LogP contribution in [-0.2, 0) is 30.4 Å². The highest BCUT2D eigenvalue weighted by atomic mass is 16.7. The fourth-order valence-corrected chi connectivity index (χ4v) is 5.04. The van der Waals surface area contributed by atoms with Crippen molar-refractivity contribution in [3.63, 3.8) is 0 Å². The Labute approximate surface area is 250 Å². The number of fused-ring (bicyclic) bond motifs is 3. The molecule has 2 atom stereocenters. The summed E-state index contributed by atoms with van der Waals surface area (Å²) in [4.78, 5) is 36.3. The minimum absolute atomic E-state index is 0.0216. The maximum Gasteiger partial charge on any atom is 0.407 e. The largest absolute Gasteiger partial charge is 0.463 e. The summed E-state index contributed by atoms with van der Waals surface area (Å²) >= 11 is 0. The molecule has 0 saturated carbocycles. The average Bonchev–Trinajstić information content (AvgIpc) is 3.33. The van der Waals surface area contributed by atoms with Crippen molar-refractivity contribution in [2.45, 2.75) is 38.3 Å². The van der Waals surface area contributed by atoms with E-state index in [1.807, 2.05) is 36.4 Å². The predicted octanol–water partition coefficient (Wildman–Crippen LogP) is 4.33. The molecule has 2 aliphatic rings. The number of nitrogens with one attached hydrogen (secondary N) is 2. The van der Waals surface area contributed by atoms with Gasteiger partial charge in [-0.1, -0.05) is 54.6 Å². The molecule has 3 N–H and O–H groups in total. The molecule has 1 heterocycles. The van der Waals surface area contributed by atoms with Gasteiger partial charge in [0.05, 0.1) is 18.4 Å². The summed E-state index contributed by atoms with van der Waals surface area (Å²) in [5.41, 5.74) is 5.42. The second-order valence-corrected chi connectivity index (χ2v) is 10.1. The number of aliphatic hydroxyl groups is 1. The lowest BCUT2D eigenvalue weighted by molar-refractivity contribution is -0.152. The number of benzene rings is 3. The minimum atomic E-state index is -0.795. The first-order valence-electron chi connectivity index (χ1n) is 14.0. The van der Waals surface area contributed by atoms with Crippen molar-refractivity contribution in [2.75, 3.05) is 25.1 Å². The van der Waals surface area contributed by atoms with Crippen LogP contribution in [0.2, 0.25) is 0 Å². The monoisotopic (exact) mass is 585 g/mol. The number of anilines is 1. The van der Waals surface area contributed by atoms with Crippen LogP contribution in [0.4, 0.5) is 10.5 Å². The third-order valence-corrected chi connectivity index (χ3v) is 7.06. The predicted molar refractivity (Wildman–Crippen MR) is 158 cm³/mol. The van der Waals surface area contributed by atoms with E-state index in [2.05, 4.69) is 22.8 Å². The molecule has 1 aliphatic carbocycles. The lowest BCUT2D eigenvalue weighted by Gasteiger charge is -2.29. The maximum absolute atomic E-state index is 12.8. The number of hydrogen-bond donors (Lipinski definition) is 3. The smallest absolute Gasteiger partial charge is 0.407 e. The van der Waals surface area contributed by atoms with Gasteiger partial charge in [0.1, 0.15) is 19.0 Å². The van der Waals surface area contributed by atoms with Crippen molar-refractivity contribution in [2.24, 2.45) is 0 Å². The molecule has 0 spiro atoms. The summed E-state index contributed by atoms with van der Waals surface area (Å²) in [6, 6.07) is 21.1. The topological polar surface area (TPSA) is 132 Å². The molecule has 3 aromatic rings. The quantitative estimate of drug-likeness (QED) is 0.284. The molecule has 0 bridgehead atoms. The van der Waals surface area contributed by atoms with Crippen LogP contribution in [0.5, 0.6) is 5.75 Å². The molecular weight excluding hydrogens is 552 g/mol. The zero-order valence-corrected chi connectivity index (χ0v) is 23.7. The molecule has 1 aliphatic heterocycles. The second-order valence-electron chi connectivity index (χ2n) is 10.1. The molecule has 2 amide bonds. The van der Waals surface area contributed by atoms with E-state index in [0.29, 0.717) is 17.0 Å². The number of amides is 2. The highest BCUT2D eigenvalue weighted by Gasteiger charge is 2.29. The van der Waals surface area contributed by atoms with E-state index in [9.17, 15) is 19.5 Å². The van der Waals surface area contributed by atoms with Gasteiger partial charge >= 0.3 is 12.1 Å². The second kappa shape index (κ2) is 14.2. The van der Waals surface area contributed by atoms with Gasteiger partial charge in [0.25, 0.3) is 0 Å². The molecule has 5 rings (SSSR count). The number of alkyl carbamates (subject to hydrolysis) is 1. The number of carbonyl (C=O) groups is 3. The van der Waals surface area contributed by atoms with Gasteiger partial charge in [0.15, 0.2) is 0 Å². The molecule has 1 fully saturated rings. The summed E-state index contributed by atoms with van der Waals surface area (Å²) in [5, 5.41) is 15.0. The molecule has 3 aromatic carbocycles. The summed E-state index contributed by atoms with van der Waals surface area (Å²) in [6.07, 6.45) is 3.25. The van der Waals surface area contributed by atoms with E-state index >= 15 is 0 Å². The van der Waals surface area contributed by atoms with E-state index < -0.39 is 24.5 Å². The van der Waals surface area contributed by atoms with E-state index in [-0.39, 0.29) is 44.6 Å². The van der Waals surface area contributed by atoms with Gasteiger partial charge in [0.2, 0.25) is 12.2 Å². The third-order valence-electron chi connectivity index (χ3n) is 7.06. The molecule has 1 saturated heterocycles. The van der Waals surface area contributed by atoms with Crippen LogP contribution in [0.3, 0.4) is 0 Å². The lowest BCUT2D eigenvalue weighted by atomic mass is 9.98. The Morgan fingerprint density at radius 2 is 1.63 bits per heavy atom. The maximum atomic E-state index is 12.8. The van der Waals surface area contributed by atoms with Crippen LogP contribution in [0, 0.1) is 19.3 Å². The molecule has 10 nitrogen and oxygen atoms in total. The van der Waals surface area contributed by atoms with Crippen molar-refractivity contribution < 1.29 is 38.4 Å². The van der Waals surface area contributed by atoms with Gasteiger partial charge in [-0.15, -0.1) is 0 Å². The van der Waals surface area contributed by atoms with Crippen LogP contribution in [0.15, 0.2) is 66.7 Å². The molecule has 0 unspecified atom stereocenters. The number of carbonyl (C=O) groups excluding carboxylic acids is 3. The zero-order chi connectivity index (χ0) is 30.2. The molecule has 223 valence electrons. The molecule has 43 heavy (non-hydrogen) atoms. The van der Waals surface area contributed by atoms with Crippen LogP contribution in [0.1, 0.15) is 36.0 Å². The third kappa shape index (κ3) is 7.71. The van der Waals surface area contributed by atoms with Crippen molar-refractivity contribution in [3.8, 4) is 16.9 Å². The SMILES string of the molecule is CC(=O)OC[C@H]1[CH][CH][CH][C@H](Oc2ccc(CO)cc2NC(=O)CCNC(=O)OCC2c3ccccc3-c3ccccc32)O1. The normalized spacial score (nSPS) is 17.3. The Balaban J connectivity index is 1.11. The number of ether oxygens (including phenoxy) is 4. The van der Waals surface area contributed by atoms with Crippen LogP contribution < -0.4 is 15.4 Å². The average molecular weight is 586 g/mol. The van der Waals surface area contributed by atoms with Crippen molar-refractivity contribution in [1.82, 2.24) is 5.32 Å². The van der Waals surface area contributed by atoms with E-state index in [1.165, 1.54) is 6.92 Å². The summed E-state index contributed by atoms with van der Waals surface area (Å²) in [7, 11) is 0. The standard InChI is InChI=1S/C33H33N2O8/c1-21(37)40-19-23-7-6-12-32(42-23)43-30-14-13-22(18-36)17-29(30)35-31(38)15-16-34-33(39)41-20-28-26-10-4-2-8-24(26)25-9-3-5-11-27(25)28/h2-14,17,23,28,32,36H,15-16,18-20H2,1H3,(H,34,39)(H,35,38)/t23-,32+/m1/s1. The van der Waals surface area contributed by atoms with Crippen LogP contribution in [0.25, 0.3) is 11.1 Å². The molecule has 10 heteroatoms. The van der Waals surface area contributed by atoms with Gasteiger partial charge in [-0.2, -0.15) is 0 Å². The highest BCUT2D eigenvalue weighted by Crippen LogP contribution is 2.44. The summed E-state index contributed by atoms with van der Waals surface area (Å²) in [6.45, 7) is 1.37. The molecule has 0 aromatic heterocycles. The van der Waals surface area contributed by atoms with Crippen LogP contribution in [-0.4, -0.2) is 55.2 Å². The number of esters is 1. The van der Waals surface area contributed by atoms with Gasteiger partial charge in [-0.3, -0.25) is 9.59 Å². The number of rotatable bonds is 11. The Kier molecular flexibility index (Phi) is 9.91. The number of hydrogen-bond acceptors (Lipinski definition) is 8. The Bertz CT molecular complexity index is 1410. The molecular formula is C33H33N2O8. The molecule has 3 radical (unpaired) electrons. The Morgan fingerprint density at radius 1 is 0.907 bits per heavy atom. The first kappa shape index (κ1) is 30.1. The minimum Gasteiger partial charge on any atom is -0.463 e. The highest BCUT2D eigenvalue weighted by molar-refractivity contribution is 5.92. The lowest BCUT2D eigenvalue weighted by Crippen LogP contribution is -2.36. The van der Waals surface area contributed by atoms with Crippen molar-refractivity contribution >= 4 is 23.7 Å². The Hall–Kier alpha value is -4.41. The summed E-state index contributed by atoms with van der Waals surface area (Å²) in [5.74, 6) is -0.531. The van der Waals surface area contributed by atoms with Gasteiger partial charge in [0, 0.05) is 32.2 Å².